The molecule has 0 aliphatic carbocycles. The zero-order chi connectivity index (χ0) is 15.4. The number of aromatic carboxylic acids is 1. The maximum atomic E-state index is 11.9. The van der Waals surface area contributed by atoms with E-state index < -0.39 is 5.97 Å². The molecule has 1 heterocycles. The lowest BCUT2D eigenvalue weighted by atomic mass is 10.2. The first kappa shape index (κ1) is 15.3. The molecule has 2 aromatic rings. The smallest absolute Gasteiger partial charge is 0.358 e. The van der Waals surface area contributed by atoms with E-state index in [0.29, 0.717) is 22.2 Å². The number of aromatic nitrogens is 3. The molecule has 1 amide bonds. The minimum atomic E-state index is -1.15. The van der Waals surface area contributed by atoms with E-state index >= 15 is 0 Å². The molecule has 0 aliphatic heterocycles. The van der Waals surface area contributed by atoms with Crippen molar-refractivity contribution >= 4 is 35.1 Å². The van der Waals surface area contributed by atoms with Crippen LogP contribution in [0.3, 0.4) is 0 Å². The van der Waals surface area contributed by atoms with E-state index in [1.807, 2.05) is 0 Å². The summed E-state index contributed by atoms with van der Waals surface area (Å²) in [7, 11) is 0. The number of nitrogens with one attached hydrogen (secondary N) is 1. The van der Waals surface area contributed by atoms with Gasteiger partial charge in [0.1, 0.15) is 0 Å². The van der Waals surface area contributed by atoms with Crippen molar-refractivity contribution in [2.75, 3.05) is 6.54 Å². The van der Waals surface area contributed by atoms with Crippen molar-refractivity contribution in [2.45, 2.75) is 6.54 Å². The van der Waals surface area contributed by atoms with Crippen LogP contribution in [0, 0.1) is 0 Å². The number of carbonyl (C=O) groups is 2. The molecule has 0 atom stereocenters. The van der Waals surface area contributed by atoms with Crippen molar-refractivity contribution in [3.05, 3.63) is 45.7 Å². The summed E-state index contributed by atoms with van der Waals surface area (Å²) in [6.07, 6.45) is 1.28. The predicted molar refractivity (Wildman–Crippen MR) is 75.8 cm³/mol. The molecule has 1 aromatic carbocycles. The Hall–Kier alpha value is -2.12. The third-order valence-electron chi connectivity index (χ3n) is 2.51. The first-order chi connectivity index (χ1) is 9.95. The number of carboxylic acids is 1. The van der Waals surface area contributed by atoms with Gasteiger partial charge >= 0.3 is 5.97 Å². The largest absolute Gasteiger partial charge is 0.476 e. The zero-order valence-corrected chi connectivity index (χ0v) is 12.1. The van der Waals surface area contributed by atoms with Crippen LogP contribution in [-0.4, -0.2) is 38.5 Å². The Morgan fingerprint density at radius 1 is 1.24 bits per heavy atom. The van der Waals surface area contributed by atoms with E-state index in [2.05, 4.69) is 15.6 Å². The Morgan fingerprint density at radius 2 is 1.90 bits per heavy atom. The van der Waals surface area contributed by atoms with Crippen LogP contribution in [0.5, 0.6) is 0 Å². The molecule has 21 heavy (non-hydrogen) atoms. The summed E-state index contributed by atoms with van der Waals surface area (Å²) >= 11 is 11.6. The van der Waals surface area contributed by atoms with Crippen LogP contribution in [0.15, 0.2) is 24.4 Å². The van der Waals surface area contributed by atoms with E-state index in [0.717, 1.165) is 0 Å². The standard InChI is InChI=1S/C12H10Cl2N4O3/c13-8-3-7(4-9(14)5-8)11(19)15-1-2-18-6-10(12(20)21)16-17-18/h3-6H,1-2H2,(H,15,19)(H,20,21). The average Bonchev–Trinajstić information content (AvgIpc) is 2.86. The second kappa shape index (κ2) is 6.55. The van der Waals surface area contributed by atoms with Crippen LogP contribution < -0.4 is 5.32 Å². The summed E-state index contributed by atoms with van der Waals surface area (Å²) < 4.78 is 1.33. The van der Waals surface area contributed by atoms with E-state index in [-0.39, 0.29) is 18.1 Å². The summed E-state index contributed by atoms with van der Waals surface area (Å²) in [5.41, 5.74) is 0.195. The van der Waals surface area contributed by atoms with Crippen LogP contribution in [0.1, 0.15) is 20.8 Å². The summed E-state index contributed by atoms with van der Waals surface area (Å²) in [6, 6.07) is 4.53. The molecule has 0 bridgehead atoms. The molecule has 0 fully saturated rings. The van der Waals surface area contributed by atoms with Crippen LogP contribution in [0.4, 0.5) is 0 Å². The van der Waals surface area contributed by atoms with Crippen LogP contribution in [0.2, 0.25) is 10.0 Å². The Kier molecular flexibility index (Phi) is 4.77. The van der Waals surface area contributed by atoms with Crippen molar-refractivity contribution in [3.8, 4) is 0 Å². The van der Waals surface area contributed by atoms with Gasteiger partial charge < -0.3 is 10.4 Å². The van der Waals surface area contributed by atoms with Crippen molar-refractivity contribution < 1.29 is 14.7 Å². The van der Waals surface area contributed by atoms with E-state index in [9.17, 15) is 9.59 Å². The number of hydrogen-bond acceptors (Lipinski definition) is 4. The predicted octanol–water partition coefficient (Wildman–Crippen LogP) is 1.71. The Bertz CT molecular complexity index is 667. The fourth-order valence-corrected chi connectivity index (χ4v) is 2.10. The molecule has 0 unspecified atom stereocenters. The monoisotopic (exact) mass is 328 g/mol. The highest BCUT2D eigenvalue weighted by Gasteiger charge is 2.09. The molecule has 1 aromatic heterocycles. The molecular weight excluding hydrogens is 319 g/mol. The molecule has 0 aliphatic rings. The maximum Gasteiger partial charge on any atom is 0.358 e. The average molecular weight is 329 g/mol. The van der Waals surface area contributed by atoms with Gasteiger partial charge in [-0.3, -0.25) is 4.79 Å². The molecule has 2 rings (SSSR count). The van der Waals surface area contributed by atoms with Crippen molar-refractivity contribution in [3.63, 3.8) is 0 Å². The van der Waals surface area contributed by atoms with Gasteiger partial charge in [-0.05, 0) is 18.2 Å². The molecule has 110 valence electrons. The number of halogens is 2. The third-order valence-corrected chi connectivity index (χ3v) is 2.95. The van der Waals surface area contributed by atoms with Gasteiger partial charge in [-0.25, -0.2) is 9.48 Å². The van der Waals surface area contributed by atoms with Crippen LogP contribution >= 0.6 is 23.2 Å². The molecule has 0 saturated heterocycles. The second-order valence-corrected chi connectivity index (χ2v) is 4.96. The lowest BCUT2D eigenvalue weighted by Gasteiger charge is -2.06. The molecular formula is C12H10Cl2N4O3. The molecule has 0 spiro atoms. The number of carboxylic acid groups (broad SMARTS) is 1. The van der Waals surface area contributed by atoms with Crippen molar-refractivity contribution in [1.29, 1.82) is 0 Å². The summed E-state index contributed by atoms with van der Waals surface area (Å²) in [4.78, 5) is 22.5. The summed E-state index contributed by atoms with van der Waals surface area (Å²) in [6.45, 7) is 0.547. The first-order valence-corrected chi connectivity index (χ1v) is 6.59. The second-order valence-electron chi connectivity index (χ2n) is 4.09. The van der Waals surface area contributed by atoms with E-state index in [1.165, 1.54) is 29.1 Å². The minimum Gasteiger partial charge on any atom is -0.476 e. The fraction of sp³-hybridized carbons (Fsp3) is 0.167. The lowest BCUT2D eigenvalue weighted by molar-refractivity contribution is 0.0690. The third kappa shape index (κ3) is 4.17. The normalized spacial score (nSPS) is 10.4. The number of hydrogen-bond donors (Lipinski definition) is 2. The van der Waals surface area contributed by atoms with Crippen LogP contribution in [-0.2, 0) is 6.54 Å². The van der Waals surface area contributed by atoms with Gasteiger partial charge in [0.05, 0.1) is 12.7 Å². The Morgan fingerprint density at radius 3 is 2.48 bits per heavy atom. The number of rotatable bonds is 5. The molecule has 0 saturated carbocycles. The van der Waals surface area contributed by atoms with E-state index in [1.54, 1.807) is 0 Å². The minimum absolute atomic E-state index is 0.150. The zero-order valence-electron chi connectivity index (χ0n) is 10.6. The topological polar surface area (TPSA) is 97.1 Å². The number of carbonyl (C=O) groups excluding carboxylic acids is 1. The SMILES string of the molecule is O=C(NCCn1cc(C(=O)O)nn1)c1cc(Cl)cc(Cl)c1. The highest BCUT2D eigenvalue weighted by Crippen LogP contribution is 2.18. The molecule has 0 radical (unpaired) electrons. The maximum absolute atomic E-state index is 11.9. The van der Waals surface area contributed by atoms with Gasteiger partial charge in [0.15, 0.2) is 5.69 Å². The van der Waals surface area contributed by atoms with Gasteiger partial charge in [-0.15, -0.1) is 5.10 Å². The number of benzene rings is 1. The van der Waals surface area contributed by atoms with Crippen molar-refractivity contribution in [1.82, 2.24) is 20.3 Å². The lowest BCUT2D eigenvalue weighted by Crippen LogP contribution is -2.27. The van der Waals surface area contributed by atoms with Crippen molar-refractivity contribution in [2.24, 2.45) is 0 Å². The highest BCUT2D eigenvalue weighted by atomic mass is 35.5. The van der Waals surface area contributed by atoms with Gasteiger partial charge in [0.25, 0.3) is 5.91 Å². The Balaban J connectivity index is 1.90. The summed E-state index contributed by atoms with van der Waals surface area (Å²) in [5.74, 6) is -1.49. The number of nitrogens with zero attached hydrogens (tertiary/aromatic N) is 3. The highest BCUT2D eigenvalue weighted by molar-refractivity contribution is 6.35. The number of amides is 1. The van der Waals surface area contributed by atoms with Gasteiger partial charge in [0, 0.05) is 22.2 Å². The molecule has 7 nitrogen and oxygen atoms in total. The van der Waals surface area contributed by atoms with E-state index in [4.69, 9.17) is 28.3 Å². The molecule has 2 N–H and O–H groups in total. The fourth-order valence-electron chi connectivity index (χ4n) is 1.58. The molecule has 9 heteroatoms. The first-order valence-electron chi connectivity index (χ1n) is 5.83. The van der Waals surface area contributed by atoms with Gasteiger partial charge in [0.2, 0.25) is 0 Å². The van der Waals surface area contributed by atoms with Crippen LogP contribution in [0.25, 0.3) is 0 Å². The quantitative estimate of drug-likeness (QED) is 0.870. The Labute approximate surface area is 129 Å². The van der Waals surface area contributed by atoms with Gasteiger partial charge in [-0.2, -0.15) is 0 Å². The van der Waals surface area contributed by atoms with Gasteiger partial charge in [-0.1, -0.05) is 28.4 Å². The summed E-state index contributed by atoms with van der Waals surface area (Å²) in [5, 5.41) is 19.2.